The Morgan fingerprint density at radius 2 is 1.60 bits per heavy atom. The van der Waals surface area contributed by atoms with E-state index in [9.17, 15) is 14.9 Å². The lowest BCUT2D eigenvalue weighted by atomic mass is 10.1. The van der Waals surface area contributed by atoms with Crippen LogP contribution in [0.1, 0.15) is 38.5 Å². The number of non-ortho nitro benzene ring substituents is 1. The van der Waals surface area contributed by atoms with E-state index in [-0.39, 0.29) is 17.5 Å². The van der Waals surface area contributed by atoms with Crippen LogP contribution >= 0.6 is 0 Å². The molecule has 0 aliphatic heterocycles. The largest absolute Gasteiger partial charge is 0.326 e. The van der Waals surface area contributed by atoms with Gasteiger partial charge in [-0.2, -0.15) is 0 Å². The molecule has 3 rings (SSSR count). The molecule has 2 atom stereocenters. The highest BCUT2D eigenvalue weighted by Gasteiger charge is 2.52. The molecule has 2 aliphatic carbocycles. The molecule has 1 saturated carbocycles. The third-order valence-corrected chi connectivity index (χ3v) is 5.13. The second-order valence-electron chi connectivity index (χ2n) is 6.83. The van der Waals surface area contributed by atoms with E-state index in [1.54, 1.807) is 12.1 Å². The maximum Gasteiger partial charge on any atom is 0.271 e. The summed E-state index contributed by atoms with van der Waals surface area (Å²) in [5, 5.41) is 13.7. The predicted octanol–water partition coefficient (Wildman–Crippen LogP) is 4.86. The fourth-order valence-corrected chi connectivity index (χ4v) is 3.79. The Morgan fingerprint density at radius 3 is 2.20 bits per heavy atom. The van der Waals surface area contributed by atoms with Crippen molar-refractivity contribution in [3.05, 3.63) is 58.7 Å². The number of benzene rings is 1. The number of amides is 1. The Labute approximate surface area is 148 Å². The van der Waals surface area contributed by atoms with Crippen LogP contribution < -0.4 is 5.32 Å². The van der Waals surface area contributed by atoms with E-state index in [4.69, 9.17) is 0 Å². The molecule has 0 aromatic heterocycles. The van der Waals surface area contributed by atoms with Crippen molar-refractivity contribution < 1.29 is 9.72 Å². The zero-order valence-corrected chi connectivity index (χ0v) is 14.3. The minimum atomic E-state index is -0.446. The molecule has 0 unspecified atom stereocenters. The van der Waals surface area contributed by atoms with Crippen molar-refractivity contribution in [1.82, 2.24) is 0 Å². The highest BCUT2D eigenvalue weighted by atomic mass is 16.6. The van der Waals surface area contributed by atoms with Gasteiger partial charge in [0.2, 0.25) is 5.91 Å². The number of hydrogen-bond donors (Lipinski definition) is 1. The topological polar surface area (TPSA) is 72.2 Å². The third-order valence-electron chi connectivity index (χ3n) is 5.13. The molecule has 2 aliphatic rings. The van der Waals surface area contributed by atoms with Gasteiger partial charge >= 0.3 is 0 Å². The maximum absolute atomic E-state index is 12.6. The minimum absolute atomic E-state index is 0.00155. The average Bonchev–Trinajstić information content (AvgIpc) is 3.27. The van der Waals surface area contributed by atoms with Gasteiger partial charge in [-0.1, -0.05) is 30.4 Å². The van der Waals surface area contributed by atoms with Crippen LogP contribution in [0, 0.1) is 27.9 Å². The van der Waals surface area contributed by atoms with Crippen molar-refractivity contribution in [1.29, 1.82) is 0 Å². The van der Waals surface area contributed by atoms with E-state index in [0.717, 1.165) is 38.5 Å². The quantitative estimate of drug-likeness (QED) is 0.485. The molecule has 1 fully saturated rings. The number of nitro groups is 1. The predicted molar refractivity (Wildman–Crippen MR) is 98.2 cm³/mol. The second-order valence-corrected chi connectivity index (χ2v) is 6.83. The maximum atomic E-state index is 12.6. The van der Waals surface area contributed by atoms with E-state index in [1.165, 1.54) is 12.1 Å². The molecule has 1 amide bonds. The lowest BCUT2D eigenvalue weighted by Crippen LogP contribution is -2.15. The van der Waals surface area contributed by atoms with Crippen molar-refractivity contribution in [3.63, 3.8) is 0 Å². The number of carbonyl (C=O) groups is 1. The lowest BCUT2D eigenvalue weighted by molar-refractivity contribution is -0.384. The Balaban J connectivity index is 1.63. The van der Waals surface area contributed by atoms with Gasteiger partial charge in [0.05, 0.1) is 4.92 Å². The van der Waals surface area contributed by atoms with Crippen LogP contribution in [0.2, 0.25) is 0 Å². The van der Waals surface area contributed by atoms with E-state index in [2.05, 4.69) is 29.6 Å². The highest BCUT2D eigenvalue weighted by molar-refractivity contribution is 5.95. The number of nitrogens with one attached hydrogen (secondary N) is 1. The fourth-order valence-electron chi connectivity index (χ4n) is 3.79. The van der Waals surface area contributed by atoms with Crippen LogP contribution in [0.15, 0.2) is 48.6 Å². The summed E-state index contributed by atoms with van der Waals surface area (Å²) in [6.07, 6.45) is 15.2. The number of nitrogens with zero attached hydrogens (tertiary/aromatic N) is 1. The molecule has 0 radical (unpaired) electrons. The van der Waals surface area contributed by atoms with E-state index in [0.29, 0.717) is 17.5 Å². The van der Waals surface area contributed by atoms with Gasteiger partial charge < -0.3 is 5.32 Å². The third kappa shape index (κ3) is 4.56. The highest BCUT2D eigenvalue weighted by Crippen LogP contribution is 2.52. The van der Waals surface area contributed by atoms with Gasteiger partial charge in [-0.3, -0.25) is 14.9 Å². The molecule has 0 saturated heterocycles. The van der Waals surface area contributed by atoms with Gasteiger partial charge in [0, 0.05) is 23.7 Å². The number of allylic oxidation sites excluding steroid dienone is 4. The molecule has 5 nitrogen and oxygen atoms in total. The van der Waals surface area contributed by atoms with Crippen LogP contribution in [0.5, 0.6) is 0 Å². The summed E-state index contributed by atoms with van der Waals surface area (Å²) in [6.45, 7) is 0. The van der Waals surface area contributed by atoms with E-state index < -0.39 is 4.92 Å². The van der Waals surface area contributed by atoms with Crippen LogP contribution in [-0.2, 0) is 4.79 Å². The first kappa shape index (κ1) is 17.4. The monoisotopic (exact) mass is 340 g/mol. The average molecular weight is 340 g/mol. The van der Waals surface area contributed by atoms with Crippen LogP contribution in [0.4, 0.5) is 11.4 Å². The molecular formula is C20H24N2O3. The molecule has 0 heterocycles. The molecule has 25 heavy (non-hydrogen) atoms. The summed E-state index contributed by atoms with van der Waals surface area (Å²) in [5.41, 5.74) is 0.497. The zero-order valence-electron chi connectivity index (χ0n) is 14.3. The van der Waals surface area contributed by atoms with Gasteiger partial charge in [0.1, 0.15) is 0 Å². The molecule has 0 bridgehead atoms. The zero-order chi connectivity index (χ0) is 17.6. The summed E-state index contributed by atoms with van der Waals surface area (Å²) in [6, 6.07) is 6.14. The molecule has 0 spiro atoms. The summed E-state index contributed by atoms with van der Waals surface area (Å²) >= 11 is 0. The summed E-state index contributed by atoms with van der Waals surface area (Å²) in [4.78, 5) is 23.1. The molecule has 132 valence electrons. The Kier molecular flexibility index (Phi) is 5.64. The Morgan fingerprint density at radius 1 is 1.00 bits per heavy atom. The van der Waals surface area contributed by atoms with Crippen LogP contribution in [-0.4, -0.2) is 10.8 Å². The van der Waals surface area contributed by atoms with Crippen molar-refractivity contribution in [2.75, 3.05) is 5.32 Å². The number of rotatable bonds is 3. The molecule has 1 aromatic rings. The van der Waals surface area contributed by atoms with Gasteiger partial charge in [-0.25, -0.2) is 0 Å². The fraction of sp³-hybridized carbons (Fsp3) is 0.450. The van der Waals surface area contributed by atoms with Crippen LogP contribution in [0.25, 0.3) is 0 Å². The van der Waals surface area contributed by atoms with Gasteiger partial charge in [-0.05, 0) is 56.4 Å². The Bertz CT molecular complexity index is 672. The molecular weight excluding hydrogens is 316 g/mol. The number of hydrogen-bond acceptors (Lipinski definition) is 3. The summed E-state index contributed by atoms with van der Waals surface area (Å²) < 4.78 is 0. The normalized spacial score (nSPS) is 28.6. The Hall–Kier alpha value is -2.43. The molecule has 5 heteroatoms. The second kappa shape index (κ2) is 8.10. The lowest BCUT2D eigenvalue weighted by Gasteiger charge is -2.05. The van der Waals surface area contributed by atoms with Crippen molar-refractivity contribution in [2.24, 2.45) is 17.8 Å². The van der Waals surface area contributed by atoms with Crippen molar-refractivity contribution in [3.8, 4) is 0 Å². The van der Waals surface area contributed by atoms with E-state index in [1.807, 2.05) is 0 Å². The summed E-state index contributed by atoms with van der Waals surface area (Å²) in [5.74, 6) is 0.882. The number of anilines is 1. The molecule has 1 N–H and O–H groups in total. The first-order chi connectivity index (χ1) is 12.2. The molecule has 1 aromatic carbocycles. The summed E-state index contributed by atoms with van der Waals surface area (Å²) in [7, 11) is 0. The van der Waals surface area contributed by atoms with Gasteiger partial charge in [0.25, 0.3) is 5.69 Å². The van der Waals surface area contributed by atoms with Gasteiger partial charge in [0.15, 0.2) is 0 Å². The van der Waals surface area contributed by atoms with Crippen molar-refractivity contribution >= 4 is 17.3 Å². The van der Waals surface area contributed by atoms with Gasteiger partial charge in [-0.15, -0.1) is 0 Å². The number of carbonyl (C=O) groups excluding carboxylic acids is 1. The van der Waals surface area contributed by atoms with E-state index >= 15 is 0 Å². The smallest absolute Gasteiger partial charge is 0.271 e. The minimum Gasteiger partial charge on any atom is -0.326 e. The standard InChI is InChI=1S/C20H24N2O3/c23-20(21-15-10-9-11-16(14-15)22(24)25)19-17-12-7-5-3-1-2-4-6-8-13-18(17)19/h3-6,9-11,14,17-19H,1-2,7-8,12-13H2,(H,21,23)/b5-3-,6-4-/t17-,18-/m0/s1. The van der Waals surface area contributed by atoms with Crippen LogP contribution in [0.3, 0.4) is 0 Å². The number of fused-ring (bicyclic) bond motifs is 1. The SMILES string of the molecule is O=C(Nc1cccc([N+](=O)[O-])c1)C1[C@H]2CC/C=C\CC/C=C\CC[C@H]12. The number of nitro benzene ring substituents is 1. The first-order valence-corrected chi connectivity index (χ1v) is 9.02. The first-order valence-electron chi connectivity index (χ1n) is 9.02. The van der Waals surface area contributed by atoms with Crippen molar-refractivity contribution in [2.45, 2.75) is 38.5 Å².